The average Bonchev–Trinajstić information content (AvgIpc) is 3.12. The molecule has 6 nitrogen and oxygen atoms in total. The number of fused-ring (bicyclic) bond motifs is 2. The summed E-state index contributed by atoms with van der Waals surface area (Å²) in [4.78, 5) is 43.0. The maximum atomic E-state index is 13.4. The van der Waals surface area contributed by atoms with Gasteiger partial charge in [-0.25, -0.2) is 0 Å². The predicted octanol–water partition coefficient (Wildman–Crippen LogP) is 3.84. The van der Waals surface area contributed by atoms with Crippen LogP contribution in [0.3, 0.4) is 0 Å². The van der Waals surface area contributed by atoms with Crippen LogP contribution in [0.15, 0.2) is 77.6 Å². The molecule has 1 fully saturated rings. The summed E-state index contributed by atoms with van der Waals surface area (Å²) in [5.41, 5.74) is 3.23. The Hall–Kier alpha value is -3.93. The fourth-order valence-electron chi connectivity index (χ4n) is 4.81. The number of benzene rings is 3. The number of hydrogen-bond donors (Lipinski definition) is 0. The maximum Gasteiger partial charge on any atom is 0.253 e. The van der Waals surface area contributed by atoms with E-state index in [0.29, 0.717) is 42.5 Å². The van der Waals surface area contributed by atoms with Gasteiger partial charge in [0.25, 0.3) is 5.91 Å². The highest BCUT2D eigenvalue weighted by Crippen LogP contribution is 2.20. The number of rotatable bonds is 3. The molecular weight excluding hydrogens is 426 g/mol. The number of carbonyl (C=O) groups is 2. The summed E-state index contributed by atoms with van der Waals surface area (Å²) in [7, 11) is 0. The van der Waals surface area contributed by atoms with Crippen LogP contribution in [-0.4, -0.2) is 52.4 Å². The maximum absolute atomic E-state index is 13.4. The first-order chi connectivity index (χ1) is 16.5. The molecule has 172 valence electrons. The minimum Gasteiger partial charge on any atom is -0.339 e. The monoisotopic (exact) mass is 453 g/mol. The zero-order valence-electron chi connectivity index (χ0n) is 19.2. The third kappa shape index (κ3) is 4.07. The lowest BCUT2D eigenvalue weighted by molar-refractivity contribution is -0.131. The van der Waals surface area contributed by atoms with Gasteiger partial charge in [-0.2, -0.15) is 0 Å². The molecule has 1 aliphatic rings. The number of pyridine rings is 1. The summed E-state index contributed by atoms with van der Waals surface area (Å²) in [5.74, 6) is -0.000735. The second-order valence-corrected chi connectivity index (χ2v) is 8.85. The van der Waals surface area contributed by atoms with Gasteiger partial charge in [0.05, 0.1) is 11.0 Å². The summed E-state index contributed by atoms with van der Waals surface area (Å²) in [6, 6.07) is 22.5. The second-order valence-electron chi connectivity index (χ2n) is 8.85. The first-order valence-corrected chi connectivity index (χ1v) is 11.7. The van der Waals surface area contributed by atoms with Crippen molar-refractivity contribution in [3.63, 3.8) is 0 Å². The standard InChI is InChI=1S/C28H27N3O3/c1-20-8-6-9-21(18-20)28(34)30-15-7-14-29(16-17-30)26(32)19-31-24-12-4-2-10-22(24)27(33)23-11-3-5-13-25(23)31/h2-6,8-13,18H,7,14-17,19H2,1H3. The first-order valence-electron chi connectivity index (χ1n) is 11.7. The van der Waals surface area contributed by atoms with Gasteiger partial charge in [0.2, 0.25) is 5.91 Å². The van der Waals surface area contributed by atoms with Gasteiger partial charge in [-0.3, -0.25) is 14.4 Å². The van der Waals surface area contributed by atoms with E-state index in [1.165, 1.54) is 0 Å². The van der Waals surface area contributed by atoms with E-state index in [9.17, 15) is 14.4 Å². The van der Waals surface area contributed by atoms with E-state index < -0.39 is 0 Å². The van der Waals surface area contributed by atoms with Crippen LogP contribution in [0.4, 0.5) is 0 Å². The Labute approximate surface area is 198 Å². The van der Waals surface area contributed by atoms with E-state index in [0.717, 1.165) is 23.0 Å². The Morgan fingerprint density at radius 1 is 0.765 bits per heavy atom. The van der Waals surface area contributed by atoms with Crippen LogP contribution in [0.2, 0.25) is 0 Å². The van der Waals surface area contributed by atoms with E-state index >= 15 is 0 Å². The van der Waals surface area contributed by atoms with Crippen LogP contribution in [0.5, 0.6) is 0 Å². The molecule has 0 bridgehead atoms. The highest BCUT2D eigenvalue weighted by Gasteiger charge is 2.24. The highest BCUT2D eigenvalue weighted by atomic mass is 16.2. The van der Waals surface area contributed by atoms with Gasteiger partial charge >= 0.3 is 0 Å². The minimum absolute atomic E-state index is 0.00963. The highest BCUT2D eigenvalue weighted by molar-refractivity contribution is 5.95. The van der Waals surface area contributed by atoms with E-state index in [4.69, 9.17) is 0 Å². The molecule has 3 aromatic carbocycles. The van der Waals surface area contributed by atoms with Gasteiger partial charge in [-0.1, -0.05) is 42.0 Å². The number of para-hydroxylation sites is 2. The number of aromatic nitrogens is 1. The molecule has 0 aliphatic carbocycles. The summed E-state index contributed by atoms with van der Waals surface area (Å²) in [6.45, 7) is 4.35. The summed E-state index contributed by atoms with van der Waals surface area (Å²) < 4.78 is 1.94. The van der Waals surface area contributed by atoms with Crippen LogP contribution < -0.4 is 5.43 Å². The fraction of sp³-hybridized carbons (Fsp3) is 0.250. The van der Waals surface area contributed by atoms with Crippen LogP contribution in [-0.2, 0) is 11.3 Å². The number of hydrogen-bond acceptors (Lipinski definition) is 3. The van der Waals surface area contributed by atoms with Crippen molar-refractivity contribution in [3.8, 4) is 0 Å². The molecule has 1 saturated heterocycles. The van der Waals surface area contributed by atoms with Gasteiger partial charge in [0.15, 0.2) is 5.43 Å². The van der Waals surface area contributed by atoms with E-state index in [1.807, 2.05) is 94.1 Å². The van der Waals surface area contributed by atoms with Crippen molar-refractivity contribution in [2.45, 2.75) is 19.9 Å². The zero-order valence-corrected chi connectivity index (χ0v) is 19.2. The van der Waals surface area contributed by atoms with Crippen molar-refractivity contribution >= 4 is 33.6 Å². The molecule has 2 heterocycles. The summed E-state index contributed by atoms with van der Waals surface area (Å²) in [6.07, 6.45) is 0.731. The molecule has 4 aromatic rings. The fourth-order valence-corrected chi connectivity index (χ4v) is 4.81. The molecular formula is C28H27N3O3. The summed E-state index contributed by atoms with van der Waals surface area (Å²) >= 11 is 0. The van der Waals surface area contributed by atoms with Crippen molar-refractivity contribution < 1.29 is 9.59 Å². The minimum atomic E-state index is -0.0185. The Morgan fingerprint density at radius 3 is 2.06 bits per heavy atom. The molecule has 0 N–H and O–H groups in total. The average molecular weight is 454 g/mol. The molecule has 0 saturated carbocycles. The molecule has 5 rings (SSSR count). The molecule has 0 unspecified atom stereocenters. The Morgan fingerprint density at radius 2 is 1.38 bits per heavy atom. The van der Waals surface area contributed by atoms with E-state index in [2.05, 4.69) is 0 Å². The van der Waals surface area contributed by atoms with Crippen molar-refractivity contribution in [2.24, 2.45) is 0 Å². The Kier molecular flexibility index (Phi) is 5.88. The Bertz CT molecular complexity index is 1400. The lowest BCUT2D eigenvalue weighted by Gasteiger charge is -2.24. The van der Waals surface area contributed by atoms with Gasteiger partial charge in [0.1, 0.15) is 6.54 Å². The molecule has 34 heavy (non-hydrogen) atoms. The Balaban J connectivity index is 1.38. The number of amides is 2. The van der Waals surface area contributed by atoms with E-state index in [1.54, 1.807) is 0 Å². The van der Waals surface area contributed by atoms with Crippen molar-refractivity contribution in [2.75, 3.05) is 26.2 Å². The van der Waals surface area contributed by atoms with E-state index in [-0.39, 0.29) is 23.8 Å². The van der Waals surface area contributed by atoms with Crippen molar-refractivity contribution in [3.05, 3.63) is 94.1 Å². The zero-order chi connectivity index (χ0) is 23.7. The lowest BCUT2D eigenvalue weighted by Crippen LogP contribution is -2.38. The molecule has 1 aliphatic heterocycles. The summed E-state index contributed by atoms with van der Waals surface area (Å²) in [5, 5.41) is 1.22. The van der Waals surface area contributed by atoms with Gasteiger partial charge < -0.3 is 14.4 Å². The van der Waals surface area contributed by atoms with Crippen molar-refractivity contribution in [1.29, 1.82) is 0 Å². The molecule has 2 amide bonds. The van der Waals surface area contributed by atoms with Gasteiger partial charge in [-0.05, 0) is 49.7 Å². The second kappa shape index (κ2) is 9.14. The first kappa shape index (κ1) is 21.9. The van der Waals surface area contributed by atoms with Crippen LogP contribution in [0.1, 0.15) is 22.3 Å². The third-order valence-electron chi connectivity index (χ3n) is 6.57. The van der Waals surface area contributed by atoms with Crippen LogP contribution in [0.25, 0.3) is 21.8 Å². The largest absolute Gasteiger partial charge is 0.339 e. The predicted molar refractivity (Wildman–Crippen MR) is 134 cm³/mol. The SMILES string of the molecule is Cc1cccc(C(=O)N2CCCN(C(=O)Cn3c4ccccc4c(=O)c4ccccc43)CC2)c1. The third-order valence-corrected chi connectivity index (χ3v) is 6.57. The lowest BCUT2D eigenvalue weighted by atomic mass is 10.1. The number of aryl methyl sites for hydroxylation is 1. The van der Waals surface area contributed by atoms with Crippen LogP contribution >= 0.6 is 0 Å². The molecule has 1 aromatic heterocycles. The number of nitrogens with zero attached hydrogens (tertiary/aromatic N) is 3. The quantitative estimate of drug-likeness (QED) is 0.443. The number of carbonyl (C=O) groups excluding carboxylic acids is 2. The normalized spacial score (nSPS) is 14.4. The van der Waals surface area contributed by atoms with Gasteiger partial charge in [0, 0.05) is 42.5 Å². The van der Waals surface area contributed by atoms with Gasteiger partial charge in [-0.15, -0.1) is 0 Å². The van der Waals surface area contributed by atoms with Crippen LogP contribution in [0, 0.1) is 6.92 Å². The molecule has 0 spiro atoms. The topological polar surface area (TPSA) is 62.6 Å². The molecule has 6 heteroatoms. The molecule has 0 atom stereocenters. The molecule has 0 radical (unpaired) electrons. The van der Waals surface area contributed by atoms with Crippen molar-refractivity contribution in [1.82, 2.24) is 14.4 Å². The smallest absolute Gasteiger partial charge is 0.253 e.